The Hall–Kier alpha value is -3.59. The number of fused-ring (bicyclic) bond motifs is 1. The number of aromatic nitrogens is 4. The number of aliphatic hydroxyl groups is 1. The molecule has 11 heteroatoms. The van der Waals surface area contributed by atoms with E-state index in [1.54, 1.807) is 18.5 Å². The van der Waals surface area contributed by atoms with Gasteiger partial charge in [0.05, 0.1) is 43.0 Å². The summed E-state index contributed by atoms with van der Waals surface area (Å²) in [6.07, 6.45) is 2.41. The highest BCUT2D eigenvalue weighted by Crippen LogP contribution is 2.36. The van der Waals surface area contributed by atoms with Gasteiger partial charge in [0.1, 0.15) is 17.6 Å². The minimum atomic E-state index is -1.69. The van der Waals surface area contributed by atoms with Crippen molar-refractivity contribution in [1.82, 2.24) is 25.3 Å². The van der Waals surface area contributed by atoms with Crippen LogP contribution in [0.1, 0.15) is 65.8 Å². The lowest BCUT2D eigenvalue weighted by Gasteiger charge is -2.23. The number of aliphatic hydroxyl groups excluding tert-OH is 1. The fourth-order valence-corrected chi connectivity index (χ4v) is 4.77. The summed E-state index contributed by atoms with van der Waals surface area (Å²) in [4.78, 5) is 4.50. The van der Waals surface area contributed by atoms with Crippen molar-refractivity contribution in [2.75, 3.05) is 23.7 Å². The summed E-state index contributed by atoms with van der Waals surface area (Å²) in [5.41, 5.74) is 2.73. The number of hydrogen-bond acceptors (Lipinski definition) is 8. The van der Waals surface area contributed by atoms with E-state index in [1.165, 1.54) is 28.9 Å². The highest BCUT2D eigenvalue weighted by molar-refractivity contribution is 9.10. The van der Waals surface area contributed by atoms with Gasteiger partial charge in [0.2, 0.25) is 0 Å². The molecule has 0 saturated heterocycles. The van der Waals surface area contributed by atoms with Crippen LogP contribution in [0.2, 0.25) is 0 Å². The lowest BCUT2D eigenvalue weighted by atomic mass is 9.96. The second-order valence-electron chi connectivity index (χ2n) is 12.5. The summed E-state index contributed by atoms with van der Waals surface area (Å²) >= 11 is 3.62. The van der Waals surface area contributed by atoms with Gasteiger partial charge in [0.25, 0.3) is 0 Å². The molecule has 0 spiro atoms. The molecule has 0 aliphatic carbocycles. The van der Waals surface area contributed by atoms with Gasteiger partial charge in [-0.05, 0) is 71.9 Å². The van der Waals surface area contributed by atoms with Gasteiger partial charge in [0.15, 0.2) is 0 Å². The Bertz CT molecular complexity index is 1620. The number of anilines is 2. The van der Waals surface area contributed by atoms with Crippen molar-refractivity contribution >= 4 is 38.2 Å². The molecule has 4 N–H and O–H groups in total. The third-order valence-corrected chi connectivity index (χ3v) is 6.91. The first-order chi connectivity index (χ1) is 20.1. The van der Waals surface area contributed by atoms with Crippen molar-refractivity contribution in [1.29, 1.82) is 5.26 Å². The van der Waals surface area contributed by atoms with Gasteiger partial charge in [0, 0.05) is 40.4 Å². The monoisotopic (exact) mass is 637 g/mol. The van der Waals surface area contributed by atoms with Gasteiger partial charge in [-0.1, -0.05) is 38.1 Å². The van der Waals surface area contributed by atoms with Crippen LogP contribution in [0.25, 0.3) is 10.9 Å². The van der Waals surface area contributed by atoms with E-state index in [0.29, 0.717) is 51.0 Å². The molecule has 0 fully saturated rings. The van der Waals surface area contributed by atoms with Gasteiger partial charge < -0.3 is 21.1 Å². The number of β-amino-alcohol motifs (C(OH)–C–C–N with tert-alkyl or cyclic N) is 1. The van der Waals surface area contributed by atoms with Gasteiger partial charge in [-0.2, -0.15) is 5.26 Å². The number of benzene rings is 2. The molecule has 2 aromatic carbocycles. The zero-order valence-corrected chi connectivity index (χ0v) is 26.3. The maximum atomic E-state index is 13.9. The summed E-state index contributed by atoms with van der Waals surface area (Å²) < 4.78 is 25.7. The van der Waals surface area contributed by atoms with Crippen LogP contribution < -0.4 is 16.0 Å². The smallest absolute Gasteiger partial charge is 0.123 e. The third kappa shape index (κ3) is 8.25. The van der Waals surface area contributed by atoms with E-state index in [4.69, 9.17) is 0 Å². The lowest BCUT2D eigenvalue weighted by Crippen LogP contribution is -2.42. The lowest BCUT2D eigenvalue weighted by molar-refractivity contribution is 0.137. The van der Waals surface area contributed by atoms with E-state index >= 15 is 0 Å². The molecule has 2 heterocycles. The van der Waals surface area contributed by atoms with Crippen LogP contribution in [0.15, 0.2) is 53.3 Å². The molecule has 2 atom stereocenters. The normalized spacial score (nSPS) is 14.6. The number of nitriles is 1. The average Bonchev–Trinajstić information content (AvgIpc) is 3.39. The largest absolute Gasteiger partial charge is 0.390 e. The maximum absolute atomic E-state index is 13.9. The van der Waals surface area contributed by atoms with E-state index in [2.05, 4.69) is 74.0 Å². The van der Waals surface area contributed by atoms with Crippen molar-refractivity contribution in [2.45, 2.75) is 65.7 Å². The highest BCUT2D eigenvalue weighted by atomic mass is 79.9. The number of rotatable bonds is 10. The molecular weight excluding hydrogens is 599 g/mol. The molecule has 0 radical (unpaired) electrons. The van der Waals surface area contributed by atoms with Crippen LogP contribution >= 0.6 is 15.9 Å². The third-order valence-electron chi connectivity index (χ3n) is 6.30. The number of hydrogen-bond donors (Lipinski definition) is 4. The van der Waals surface area contributed by atoms with Gasteiger partial charge >= 0.3 is 0 Å². The van der Waals surface area contributed by atoms with Crippen molar-refractivity contribution < 1.29 is 10.9 Å². The predicted octanol–water partition coefficient (Wildman–Crippen LogP) is 6.01. The molecule has 2 aromatic heterocycles. The predicted molar refractivity (Wildman–Crippen MR) is 168 cm³/mol. The fraction of sp³-hybridized carbons (Fsp3) is 0.419. The Morgan fingerprint density at radius 2 is 1.88 bits per heavy atom. The van der Waals surface area contributed by atoms with Crippen molar-refractivity contribution in [3.63, 3.8) is 0 Å². The first-order valence-electron chi connectivity index (χ1n) is 14.2. The SMILES string of the molecule is [2H][C@@](Nc1cc(Br)c2ncc(C#N)c(NCC(C)(C)C)c2c1)(c1ccc(F)cc1)c1cn(CC(O)CNC(C)(C)C)nn1. The zero-order valence-electron chi connectivity index (χ0n) is 25.8. The summed E-state index contributed by atoms with van der Waals surface area (Å²) in [6.45, 7) is 13.5. The van der Waals surface area contributed by atoms with E-state index in [0.717, 1.165) is 0 Å². The Balaban J connectivity index is 1.75. The molecule has 9 nitrogen and oxygen atoms in total. The Kier molecular flexibility index (Phi) is 9.06. The van der Waals surface area contributed by atoms with Crippen LogP contribution in [0.5, 0.6) is 0 Å². The van der Waals surface area contributed by atoms with Crippen molar-refractivity contribution in [2.24, 2.45) is 5.41 Å². The quantitative estimate of drug-likeness (QED) is 0.167. The summed E-state index contributed by atoms with van der Waals surface area (Å²) in [6, 6.07) is 9.80. The van der Waals surface area contributed by atoms with E-state index in [-0.39, 0.29) is 23.2 Å². The molecule has 4 aromatic rings. The number of nitrogens with one attached hydrogen (secondary N) is 3. The zero-order chi connectivity index (χ0) is 31.6. The molecule has 4 rings (SSSR count). The van der Waals surface area contributed by atoms with Crippen LogP contribution in [0.3, 0.4) is 0 Å². The highest BCUT2D eigenvalue weighted by Gasteiger charge is 2.22. The summed E-state index contributed by atoms with van der Waals surface area (Å²) in [5.74, 6) is -0.428. The Morgan fingerprint density at radius 3 is 2.52 bits per heavy atom. The minimum Gasteiger partial charge on any atom is -0.390 e. The van der Waals surface area contributed by atoms with Crippen LogP contribution in [0.4, 0.5) is 15.8 Å². The van der Waals surface area contributed by atoms with Gasteiger partial charge in [-0.3, -0.25) is 4.98 Å². The second kappa shape index (κ2) is 12.7. The fourth-order valence-electron chi connectivity index (χ4n) is 4.21. The van der Waals surface area contributed by atoms with Crippen LogP contribution in [0, 0.1) is 22.6 Å². The minimum absolute atomic E-state index is 0.0451. The standard InChI is InChI=1S/C31H38BrFN8O/c1-30(2,3)18-36-27-20(13-34)14-35-29-24(27)11-22(12-25(29)32)38-28(19-7-9-21(33)10-8-19)26-17-41(40-39-26)16-23(42)15-37-31(4,5)6/h7-12,14,17,23,28,37-38,42H,15-16,18H2,1-6H3,(H,35,36)/t23?,28-/m1/s1/i28D. The summed E-state index contributed by atoms with van der Waals surface area (Å²) in [7, 11) is 0. The number of nitrogens with zero attached hydrogens (tertiary/aromatic N) is 5. The van der Waals surface area contributed by atoms with E-state index in [1.807, 2.05) is 26.8 Å². The Labute approximate surface area is 256 Å². The average molecular weight is 639 g/mol. The van der Waals surface area contributed by atoms with E-state index < -0.39 is 17.9 Å². The summed E-state index contributed by atoms with van der Waals surface area (Å²) in [5, 5.41) is 39.5. The molecule has 0 amide bonds. The van der Waals surface area contributed by atoms with Gasteiger partial charge in [-0.25, -0.2) is 9.07 Å². The topological polar surface area (TPSA) is 124 Å². The molecular formula is C31H38BrFN8O. The molecule has 42 heavy (non-hydrogen) atoms. The maximum Gasteiger partial charge on any atom is 0.123 e. The van der Waals surface area contributed by atoms with Crippen LogP contribution in [-0.2, 0) is 6.54 Å². The number of pyridine rings is 1. The molecule has 0 saturated carbocycles. The van der Waals surface area contributed by atoms with Crippen molar-refractivity contribution in [3.8, 4) is 6.07 Å². The molecule has 0 aliphatic rings. The first-order valence-corrected chi connectivity index (χ1v) is 14.5. The molecule has 0 bridgehead atoms. The number of halogens is 2. The van der Waals surface area contributed by atoms with E-state index in [9.17, 15) is 16.1 Å². The van der Waals surface area contributed by atoms with Gasteiger partial charge in [-0.15, -0.1) is 5.10 Å². The first kappa shape index (κ1) is 29.9. The second-order valence-corrected chi connectivity index (χ2v) is 13.4. The Morgan fingerprint density at radius 1 is 1.17 bits per heavy atom. The molecule has 222 valence electrons. The molecule has 1 unspecified atom stereocenters. The van der Waals surface area contributed by atoms with Crippen molar-refractivity contribution in [3.05, 3.63) is 75.9 Å². The molecule has 0 aliphatic heterocycles. The van der Waals surface area contributed by atoms with Crippen LogP contribution in [-0.4, -0.2) is 49.8 Å².